The SMILES string of the molecule is F/C=C1\CN2CCC3(CC3)[C@@]2(COc2nc(N3CCCC[C@H]4[C@H](F)[C@H]43)c3cnc(Cl)c(F)c3n2)C1. The first kappa shape index (κ1) is 22.1. The van der Waals surface area contributed by atoms with E-state index < -0.39 is 12.0 Å². The molecule has 5 fully saturated rings. The molecule has 2 aromatic rings. The summed E-state index contributed by atoms with van der Waals surface area (Å²) in [5.41, 5.74) is 0.636. The zero-order valence-corrected chi connectivity index (χ0v) is 20.1. The second kappa shape index (κ2) is 7.68. The normalized spacial score (nSPS) is 34.3. The third-order valence-corrected chi connectivity index (χ3v) is 9.53. The van der Waals surface area contributed by atoms with Gasteiger partial charge in [0.25, 0.3) is 0 Å². The molecule has 0 bridgehead atoms. The molecule has 0 N–H and O–H groups in total. The van der Waals surface area contributed by atoms with Crippen molar-refractivity contribution in [2.45, 2.75) is 62.7 Å². The Bertz CT molecular complexity index is 1240. The Balaban J connectivity index is 1.28. The van der Waals surface area contributed by atoms with Gasteiger partial charge >= 0.3 is 6.01 Å². The summed E-state index contributed by atoms with van der Waals surface area (Å²) in [5, 5.41) is 0.129. The van der Waals surface area contributed by atoms with E-state index in [1.54, 1.807) is 0 Å². The number of rotatable bonds is 4. The van der Waals surface area contributed by atoms with Gasteiger partial charge in [-0.3, -0.25) is 4.90 Å². The van der Waals surface area contributed by atoms with E-state index in [-0.39, 0.29) is 39.6 Å². The molecule has 7 rings (SSSR count). The summed E-state index contributed by atoms with van der Waals surface area (Å²) in [6, 6.07) is -0.229. The van der Waals surface area contributed by atoms with E-state index in [0.29, 0.717) is 37.3 Å². The second-order valence-corrected chi connectivity index (χ2v) is 11.3. The molecule has 10 heteroatoms. The molecular weight excluding hydrogens is 479 g/mol. The van der Waals surface area contributed by atoms with Gasteiger partial charge in [-0.15, -0.1) is 0 Å². The summed E-state index contributed by atoms with van der Waals surface area (Å²) >= 11 is 5.99. The van der Waals surface area contributed by atoms with Crippen LogP contribution in [0.2, 0.25) is 5.15 Å². The first-order valence-electron chi connectivity index (χ1n) is 12.5. The number of ether oxygens (including phenoxy) is 1. The highest BCUT2D eigenvalue weighted by molar-refractivity contribution is 6.30. The van der Waals surface area contributed by atoms with Crippen molar-refractivity contribution >= 4 is 28.3 Å². The number of nitrogens with zero attached hydrogens (tertiary/aromatic N) is 5. The van der Waals surface area contributed by atoms with Gasteiger partial charge in [-0.25, -0.2) is 18.2 Å². The molecule has 1 spiro atoms. The van der Waals surface area contributed by atoms with E-state index in [9.17, 15) is 8.78 Å². The van der Waals surface area contributed by atoms with Gasteiger partial charge in [0.1, 0.15) is 24.1 Å². The number of anilines is 1. The Hall–Kier alpha value is -2.13. The van der Waals surface area contributed by atoms with Crippen LogP contribution >= 0.6 is 11.6 Å². The molecule has 0 radical (unpaired) electrons. The predicted molar refractivity (Wildman–Crippen MR) is 126 cm³/mol. The average Bonchev–Trinajstić information content (AvgIpc) is 3.73. The highest BCUT2D eigenvalue weighted by atomic mass is 35.5. The van der Waals surface area contributed by atoms with Crippen molar-refractivity contribution in [3.8, 4) is 6.01 Å². The van der Waals surface area contributed by atoms with E-state index >= 15 is 4.39 Å². The minimum atomic E-state index is -0.917. The maximum absolute atomic E-state index is 15.1. The minimum absolute atomic E-state index is 0.0259. The third-order valence-electron chi connectivity index (χ3n) is 9.27. The number of fused-ring (bicyclic) bond motifs is 4. The molecule has 0 amide bonds. The Morgan fingerprint density at radius 3 is 2.86 bits per heavy atom. The van der Waals surface area contributed by atoms with E-state index in [4.69, 9.17) is 21.3 Å². The fourth-order valence-electron chi connectivity index (χ4n) is 7.15. The standard InChI is InChI=1S/C25H27ClF3N5O/c26-21-18(29)19-16(11-30-21)22(34-7-2-1-3-15-17(28)20(15)34)32-23(31-19)35-13-25-9-14(10-27)12-33(25)8-6-24(25)4-5-24/h10-11,15,17,20H,1-9,12-13H2/b14-10-/t15-,17-,20-,25-/m0/s1. The molecular formula is C25H27ClF3N5O. The van der Waals surface area contributed by atoms with Crippen LogP contribution in [0.1, 0.15) is 44.9 Å². The van der Waals surface area contributed by atoms with Crippen LogP contribution in [0.4, 0.5) is 19.0 Å². The lowest BCUT2D eigenvalue weighted by molar-refractivity contribution is 0.0649. The Labute approximate surface area is 206 Å². The number of hydrogen-bond donors (Lipinski definition) is 0. The van der Waals surface area contributed by atoms with Gasteiger partial charge < -0.3 is 9.64 Å². The average molecular weight is 506 g/mol. The molecule has 6 nitrogen and oxygen atoms in total. The summed E-state index contributed by atoms with van der Waals surface area (Å²) < 4.78 is 49.4. The number of pyridine rings is 1. The molecule has 2 aliphatic carbocycles. The van der Waals surface area contributed by atoms with Gasteiger partial charge in [-0.05, 0) is 56.1 Å². The van der Waals surface area contributed by atoms with Gasteiger partial charge in [-0.2, -0.15) is 9.97 Å². The maximum atomic E-state index is 15.1. The topological polar surface area (TPSA) is 54.4 Å². The van der Waals surface area contributed by atoms with Crippen LogP contribution in [0.5, 0.6) is 6.01 Å². The van der Waals surface area contributed by atoms with Gasteiger partial charge in [0.15, 0.2) is 11.0 Å². The first-order valence-corrected chi connectivity index (χ1v) is 12.9. The van der Waals surface area contributed by atoms with Crippen molar-refractivity contribution in [1.29, 1.82) is 0 Å². The van der Waals surface area contributed by atoms with Crippen molar-refractivity contribution in [2.24, 2.45) is 11.3 Å². The zero-order chi connectivity index (χ0) is 23.9. The molecule has 5 aliphatic rings. The third kappa shape index (κ3) is 3.16. The molecule has 3 aliphatic heterocycles. The van der Waals surface area contributed by atoms with Crippen molar-refractivity contribution < 1.29 is 17.9 Å². The van der Waals surface area contributed by atoms with Crippen LogP contribution < -0.4 is 9.64 Å². The summed E-state index contributed by atoms with van der Waals surface area (Å²) in [6.07, 6.45) is 7.86. The van der Waals surface area contributed by atoms with E-state index in [0.717, 1.165) is 57.0 Å². The van der Waals surface area contributed by atoms with Crippen LogP contribution in [-0.2, 0) is 0 Å². The summed E-state index contributed by atoms with van der Waals surface area (Å²) in [5.74, 6) is -0.315. The number of aromatic nitrogens is 3. The lowest BCUT2D eigenvalue weighted by Crippen LogP contribution is -2.49. The molecule has 2 aromatic heterocycles. The molecule has 5 heterocycles. The summed E-state index contributed by atoms with van der Waals surface area (Å²) in [7, 11) is 0. The Morgan fingerprint density at radius 1 is 1.20 bits per heavy atom. The predicted octanol–water partition coefficient (Wildman–Crippen LogP) is 5.00. The molecule has 35 heavy (non-hydrogen) atoms. The van der Waals surface area contributed by atoms with E-state index in [1.165, 1.54) is 6.20 Å². The molecule has 186 valence electrons. The van der Waals surface area contributed by atoms with Crippen LogP contribution in [0.25, 0.3) is 10.9 Å². The van der Waals surface area contributed by atoms with Gasteiger partial charge in [0, 0.05) is 25.2 Å². The Morgan fingerprint density at radius 2 is 2.06 bits per heavy atom. The van der Waals surface area contributed by atoms with Gasteiger partial charge in [-0.1, -0.05) is 18.0 Å². The van der Waals surface area contributed by atoms with E-state index in [1.807, 2.05) is 4.90 Å². The van der Waals surface area contributed by atoms with E-state index in [2.05, 4.69) is 14.9 Å². The van der Waals surface area contributed by atoms with Crippen molar-refractivity contribution in [3.05, 3.63) is 29.1 Å². The lowest BCUT2D eigenvalue weighted by atomic mass is 9.80. The fourth-order valence-corrected chi connectivity index (χ4v) is 7.28. The highest BCUT2D eigenvalue weighted by Gasteiger charge is 2.67. The summed E-state index contributed by atoms with van der Waals surface area (Å²) in [6.45, 7) is 2.45. The molecule has 2 saturated carbocycles. The lowest BCUT2D eigenvalue weighted by Gasteiger charge is -2.36. The second-order valence-electron chi connectivity index (χ2n) is 11.0. The van der Waals surface area contributed by atoms with Gasteiger partial charge in [0.2, 0.25) is 0 Å². The van der Waals surface area contributed by atoms with Crippen LogP contribution in [0, 0.1) is 17.2 Å². The fraction of sp³-hybridized carbons (Fsp3) is 0.640. The number of halogens is 4. The van der Waals surface area contributed by atoms with Crippen molar-refractivity contribution in [1.82, 2.24) is 19.9 Å². The molecule has 0 unspecified atom stereocenters. The van der Waals surface area contributed by atoms with Gasteiger partial charge in [0.05, 0.1) is 23.3 Å². The number of hydrogen-bond acceptors (Lipinski definition) is 6. The minimum Gasteiger partial charge on any atom is -0.461 e. The zero-order valence-electron chi connectivity index (χ0n) is 19.3. The molecule has 3 saturated heterocycles. The van der Waals surface area contributed by atoms with Crippen LogP contribution in [0.3, 0.4) is 0 Å². The first-order chi connectivity index (χ1) is 17.0. The molecule has 4 atom stereocenters. The Kier molecular flexibility index (Phi) is 4.85. The van der Waals surface area contributed by atoms with Crippen molar-refractivity contribution in [3.63, 3.8) is 0 Å². The smallest absolute Gasteiger partial charge is 0.319 e. The largest absolute Gasteiger partial charge is 0.461 e. The van der Waals surface area contributed by atoms with Crippen LogP contribution in [0.15, 0.2) is 18.1 Å². The highest BCUT2D eigenvalue weighted by Crippen LogP contribution is 2.66. The quantitative estimate of drug-likeness (QED) is 0.545. The maximum Gasteiger partial charge on any atom is 0.319 e. The monoisotopic (exact) mass is 505 g/mol. The summed E-state index contributed by atoms with van der Waals surface area (Å²) in [4.78, 5) is 17.3. The number of alkyl halides is 1. The molecule has 0 aromatic carbocycles. The van der Waals surface area contributed by atoms with Crippen LogP contribution in [-0.4, -0.2) is 63.8 Å². The van der Waals surface area contributed by atoms with Crippen molar-refractivity contribution in [2.75, 3.05) is 31.1 Å².